The Morgan fingerprint density at radius 2 is 1.77 bits per heavy atom. The van der Waals surface area contributed by atoms with Gasteiger partial charge in [0.25, 0.3) is 5.89 Å². The van der Waals surface area contributed by atoms with Gasteiger partial charge in [-0.15, -0.1) is 0 Å². The first-order chi connectivity index (χ1) is 12.3. The van der Waals surface area contributed by atoms with Crippen molar-refractivity contribution in [3.63, 3.8) is 0 Å². The van der Waals surface area contributed by atoms with Gasteiger partial charge in [-0.05, 0) is 42.0 Å². The Hall–Kier alpha value is -3.04. The van der Waals surface area contributed by atoms with E-state index in [4.69, 9.17) is 9.56 Å². The van der Waals surface area contributed by atoms with Crippen molar-refractivity contribution >= 4 is 15.9 Å². The third-order valence-electron chi connectivity index (χ3n) is 3.53. The molecular weight excluding hydrogens is 361 g/mol. The maximum absolute atomic E-state index is 12.9. The first-order valence-corrected chi connectivity index (χ1v) is 8.99. The highest BCUT2D eigenvalue weighted by Gasteiger charge is 2.14. The van der Waals surface area contributed by atoms with Crippen molar-refractivity contribution in [1.82, 2.24) is 10.3 Å². The molecule has 3 aromatic rings. The molecule has 3 N–H and O–H groups in total. The molecule has 0 atom stereocenters. The van der Waals surface area contributed by atoms with E-state index in [1.807, 2.05) is 0 Å². The second-order valence-electron chi connectivity index (χ2n) is 5.41. The number of oxazole rings is 1. The number of halogens is 1. The van der Waals surface area contributed by atoms with Crippen LogP contribution >= 0.6 is 0 Å². The number of benzene rings is 2. The zero-order chi connectivity index (χ0) is 18.7. The number of hydrogen-bond donors (Lipinski definition) is 2. The van der Waals surface area contributed by atoms with Gasteiger partial charge in [-0.3, -0.25) is 4.79 Å². The van der Waals surface area contributed by atoms with Crippen molar-refractivity contribution in [2.45, 2.75) is 11.4 Å². The molecule has 1 heterocycles. The van der Waals surface area contributed by atoms with Crippen LogP contribution in [-0.4, -0.2) is 19.3 Å². The third kappa shape index (κ3) is 4.13. The molecule has 0 aliphatic carbocycles. The Kier molecular flexibility index (Phi) is 4.83. The number of carbonyl (C=O) groups excluding carboxylic acids is 1. The number of nitrogens with zero attached hydrogens (tertiary/aromatic N) is 1. The van der Waals surface area contributed by atoms with Gasteiger partial charge in [0.2, 0.25) is 10.0 Å². The highest BCUT2D eigenvalue weighted by Crippen LogP contribution is 2.20. The van der Waals surface area contributed by atoms with Crippen LogP contribution < -0.4 is 10.5 Å². The molecule has 1 aromatic heterocycles. The summed E-state index contributed by atoms with van der Waals surface area (Å²) in [5, 5.41) is 7.64. The van der Waals surface area contributed by atoms with Gasteiger partial charge in [-0.25, -0.2) is 22.9 Å². The van der Waals surface area contributed by atoms with Crippen molar-refractivity contribution in [2.75, 3.05) is 0 Å². The molecule has 3 rings (SSSR count). The van der Waals surface area contributed by atoms with E-state index in [0.29, 0.717) is 16.9 Å². The van der Waals surface area contributed by atoms with Gasteiger partial charge in [0, 0.05) is 12.1 Å². The van der Waals surface area contributed by atoms with E-state index in [2.05, 4.69) is 10.3 Å². The minimum Gasteiger partial charge on any atom is -0.432 e. The number of rotatable bonds is 5. The number of aromatic nitrogens is 1. The van der Waals surface area contributed by atoms with Crippen LogP contribution in [0.5, 0.6) is 0 Å². The fourth-order valence-corrected chi connectivity index (χ4v) is 2.70. The maximum atomic E-state index is 12.9. The third-order valence-corrected chi connectivity index (χ3v) is 4.46. The summed E-state index contributed by atoms with van der Waals surface area (Å²) in [6.07, 6.45) is 1.38. The molecule has 0 spiro atoms. The van der Waals surface area contributed by atoms with Crippen molar-refractivity contribution in [2.24, 2.45) is 5.14 Å². The van der Waals surface area contributed by atoms with E-state index in [9.17, 15) is 17.6 Å². The molecule has 0 saturated carbocycles. The molecule has 0 fully saturated rings. The van der Waals surface area contributed by atoms with Crippen LogP contribution in [0.4, 0.5) is 4.39 Å². The molecule has 0 aliphatic rings. The van der Waals surface area contributed by atoms with Gasteiger partial charge in [-0.1, -0.05) is 12.1 Å². The lowest BCUT2D eigenvalue weighted by molar-refractivity contribution is 0.0917. The zero-order valence-electron chi connectivity index (χ0n) is 13.3. The molecule has 0 unspecified atom stereocenters. The summed E-state index contributed by atoms with van der Waals surface area (Å²) in [4.78, 5) is 16.0. The number of nitrogens with one attached hydrogen (secondary N) is 1. The number of hydrogen-bond acceptors (Lipinski definition) is 5. The summed E-state index contributed by atoms with van der Waals surface area (Å²) in [6.45, 7) is 0.151. The van der Waals surface area contributed by atoms with E-state index in [-0.39, 0.29) is 23.1 Å². The second kappa shape index (κ2) is 7.06. The molecule has 9 heteroatoms. The lowest BCUT2D eigenvalue weighted by Crippen LogP contribution is -2.23. The number of primary sulfonamides is 1. The smallest absolute Gasteiger partial charge is 0.307 e. The average Bonchev–Trinajstić information content (AvgIpc) is 3.10. The molecule has 1 amide bonds. The van der Waals surface area contributed by atoms with Crippen molar-refractivity contribution in [3.8, 4) is 11.3 Å². The standard InChI is InChI=1S/C17H14FN3O4S/c18-13-5-3-12(4-6-13)15-10-21-17(25-15)16(22)20-9-11-1-7-14(8-2-11)26(19,23)24/h1-8,10H,9H2,(H,20,22)(H2,19,23,24). The average molecular weight is 375 g/mol. The van der Waals surface area contributed by atoms with Crippen molar-refractivity contribution in [1.29, 1.82) is 0 Å². The molecule has 134 valence electrons. The van der Waals surface area contributed by atoms with Crippen LogP contribution in [0.3, 0.4) is 0 Å². The fraction of sp³-hybridized carbons (Fsp3) is 0.0588. The Bertz CT molecular complexity index is 1030. The predicted octanol–water partition coefficient (Wildman–Crippen LogP) is 2.06. The summed E-state index contributed by atoms with van der Waals surface area (Å²) in [7, 11) is -3.76. The van der Waals surface area contributed by atoms with Crippen LogP contribution in [0.1, 0.15) is 16.2 Å². The predicted molar refractivity (Wildman–Crippen MR) is 90.9 cm³/mol. The lowest BCUT2D eigenvalue weighted by Gasteiger charge is -2.04. The molecule has 7 nitrogen and oxygen atoms in total. The van der Waals surface area contributed by atoms with Gasteiger partial charge >= 0.3 is 5.91 Å². The minimum atomic E-state index is -3.76. The minimum absolute atomic E-state index is 0.00998. The Morgan fingerprint density at radius 3 is 2.38 bits per heavy atom. The van der Waals surface area contributed by atoms with Crippen molar-refractivity contribution < 1.29 is 22.0 Å². The summed E-state index contributed by atoms with van der Waals surface area (Å²) in [5.74, 6) is -0.702. The SMILES string of the molecule is NS(=O)(=O)c1ccc(CNC(=O)c2ncc(-c3ccc(F)cc3)o2)cc1. The van der Waals surface area contributed by atoms with Crippen LogP contribution in [0.15, 0.2) is 64.0 Å². The highest BCUT2D eigenvalue weighted by molar-refractivity contribution is 7.89. The summed E-state index contributed by atoms with van der Waals surface area (Å²) in [6, 6.07) is 11.4. The molecule has 0 saturated heterocycles. The van der Waals surface area contributed by atoms with E-state index in [1.54, 1.807) is 12.1 Å². The van der Waals surface area contributed by atoms with Gasteiger partial charge in [0.15, 0.2) is 5.76 Å². The van der Waals surface area contributed by atoms with Crippen molar-refractivity contribution in [3.05, 3.63) is 72.0 Å². The Balaban J connectivity index is 1.64. The van der Waals surface area contributed by atoms with E-state index < -0.39 is 15.9 Å². The monoisotopic (exact) mass is 375 g/mol. The maximum Gasteiger partial charge on any atom is 0.307 e. The normalized spacial score (nSPS) is 11.3. The first-order valence-electron chi connectivity index (χ1n) is 7.44. The molecule has 2 aromatic carbocycles. The first kappa shape index (κ1) is 17.8. The lowest BCUT2D eigenvalue weighted by atomic mass is 10.2. The molecule has 0 radical (unpaired) electrons. The van der Waals surface area contributed by atoms with Gasteiger partial charge in [-0.2, -0.15) is 0 Å². The number of amides is 1. The van der Waals surface area contributed by atoms with Crippen LogP contribution in [0.25, 0.3) is 11.3 Å². The number of carbonyl (C=O) groups is 1. The summed E-state index contributed by atoms with van der Waals surface area (Å²) >= 11 is 0. The molecule has 0 aliphatic heterocycles. The topological polar surface area (TPSA) is 115 Å². The Morgan fingerprint density at radius 1 is 1.12 bits per heavy atom. The fourth-order valence-electron chi connectivity index (χ4n) is 2.18. The summed E-state index contributed by atoms with van der Waals surface area (Å²) < 4.78 is 40.7. The van der Waals surface area contributed by atoms with E-state index in [1.165, 1.54) is 42.6 Å². The number of sulfonamides is 1. The summed E-state index contributed by atoms with van der Waals surface area (Å²) in [5.41, 5.74) is 1.27. The van der Waals surface area contributed by atoms with Gasteiger partial charge in [0.1, 0.15) is 5.82 Å². The van der Waals surface area contributed by atoms with Gasteiger partial charge < -0.3 is 9.73 Å². The van der Waals surface area contributed by atoms with E-state index >= 15 is 0 Å². The van der Waals surface area contributed by atoms with E-state index in [0.717, 1.165) is 0 Å². The zero-order valence-corrected chi connectivity index (χ0v) is 14.2. The largest absolute Gasteiger partial charge is 0.432 e. The Labute approximate surface area is 148 Å². The molecular formula is C17H14FN3O4S. The highest BCUT2D eigenvalue weighted by atomic mass is 32.2. The second-order valence-corrected chi connectivity index (χ2v) is 6.97. The number of nitrogens with two attached hydrogens (primary N) is 1. The quantitative estimate of drug-likeness (QED) is 0.708. The van der Waals surface area contributed by atoms with Gasteiger partial charge in [0.05, 0.1) is 11.1 Å². The van der Waals surface area contributed by atoms with Crippen LogP contribution in [0.2, 0.25) is 0 Å². The van der Waals surface area contributed by atoms with Crippen LogP contribution in [0, 0.1) is 5.82 Å². The molecule has 0 bridgehead atoms. The molecule has 26 heavy (non-hydrogen) atoms. The van der Waals surface area contributed by atoms with Crippen LogP contribution in [-0.2, 0) is 16.6 Å².